The number of benzene rings is 1. The Bertz CT molecular complexity index is 1430. The summed E-state index contributed by atoms with van der Waals surface area (Å²) >= 11 is 6.70. The fourth-order valence-corrected chi connectivity index (χ4v) is 6.55. The van der Waals surface area contributed by atoms with Crippen molar-refractivity contribution in [3.8, 4) is 0 Å². The van der Waals surface area contributed by atoms with Crippen LogP contribution in [0.15, 0.2) is 35.9 Å². The summed E-state index contributed by atoms with van der Waals surface area (Å²) in [7, 11) is 1.62. The van der Waals surface area contributed by atoms with Crippen molar-refractivity contribution in [1.82, 2.24) is 5.32 Å². The maximum absolute atomic E-state index is 13.8. The summed E-state index contributed by atoms with van der Waals surface area (Å²) in [5.74, 6) is -2.76. The third kappa shape index (κ3) is 8.11. The first-order valence-corrected chi connectivity index (χ1v) is 16.1. The zero-order chi connectivity index (χ0) is 34.0. The molecule has 2 saturated heterocycles. The predicted octanol–water partition coefficient (Wildman–Crippen LogP) is 5.23. The van der Waals surface area contributed by atoms with Crippen molar-refractivity contribution in [3.05, 3.63) is 52.1 Å². The van der Waals surface area contributed by atoms with Crippen molar-refractivity contribution in [2.75, 3.05) is 11.9 Å². The molecular weight excluding hydrogens is 616 g/mol. The van der Waals surface area contributed by atoms with Gasteiger partial charge in [-0.2, -0.15) is 0 Å². The normalized spacial score (nSPS) is 33.5. The SMILES string of the molecule is C/C1=C\C=C\C(C)C2(O)CC(OC(=O)N2)C(C)C2OC2(C)C(OC(=O)CCCCC(=O)O)CC(=O)N(C)c2cc(cc(C)c2Cl)C1. The Hall–Kier alpha value is -3.41. The van der Waals surface area contributed by atoms with Crippen LogP contribution < -0.4 is 10.2 Å². The number of halogens is 1. The molecule has 0 saturated carbocycles. The fraction of sp³-hybridized carbons (Fsp3) is 0.588. The van der Waals surface area contributed by atoms with Gasteiger partial charge in [-0.15, -0.1) is 0 Å². The minimum atomic E-state index is -1.58. The van der Waals surface area contributed by atoms with E-state index in [4.69, 9.17) is 30.9 Å². The van der Waals surface area contributed by atoms with Crippen LogP contribution in [0.5, 0.6) is 0 Å². The highest BCUT2D eigenvalue weighted by atomic mass is 35.5. The number of anilines is 1. The van der Waals surface area contributed by atoms with Gasteiger partial charge in [0.25, 0.3) is 0 Å². The van der Waals surface area contributed by atoms with Gasteiger partial charge in [0.1, 0.15) is 23.5 Å². The number of carboxylic acids is 1. The molecule has 0 radical (unpaired) electrons. The minimum Gasteiger partial charge on any atom is -0.481 e. The second-order valence-corrected chi connectivity index (χ2v) is 13.5. The maximum Gasteiger partial charge on any atom is 0.409 e. The first-order chi connectivity index (χ1) is 21.5. The van der Waals surface area contributed by atoms with Crippen LogP contribution in [0, 0.1) is 18.8 Å². The molecular formula is C34H45ClN2O9. The number of aliphatic carboxylic acids is 1. The molecule has 252 valence electrons. The Labute approximate surface area is 274 Å². The lowest BCUT2D eigenvalue weighted by atomic mass is 9.82. The highest BCUT2D eigenvalue weighted by Gasteiger charge is 2.64. The number of hydrogen-bond donors (Lipinski definition) is 3. The number of nitrogens with zero attached hydrogens (tertiary/aromatic N) is 1. The molecule has 12 heteroatoms. The van der Waals surface area contributed by atoms with Gasteiger partial charge in [0, 0.05) is 38.1 Å². The average Bonchev–Trinajstić information content (AvgIpc) is 3.67. The van der Waals surface area contributed by atoms with E-state index < -0.39 is 59.5 Å². The lowest BCUT2D eigenvalue weighted by Crippen LogP contribution is -2.60. The van der Waals surface area contributed by atoms with E-state index >= 15 is 0 Å². The number of amides is 2. The maximum atomic E-state index is 13.8. The lowest BCUT2D eigenvalue weighted by molar-refractivity contribution is -0.154. The van der Waals surface area contributed by atoms with Crippen LogP contribution in [-0.4, -0.2) is 70.8 Å². The number of fused-ring (bicyclic) bond motifs is 5. The topological polar surface area (TPSA) is 155 Å². The molecule has 0 aliphatic carbocycles. The summed E-state index contributed by atoms with van der Waals surface area (Å²) in [6.07, 6.45) is 3.57. The molecule has 3 N–H and O–H groups in total. The van der Waals surface area contributed by atoms with E-state index in [9.17, 15) is 24.3 Å². The van der Waals surface area contributed by atoms with Gasteiger partial charge in [-0.25, -0.2) is 4.79 Å². The minimum absolute atomic E-state index is 0.0195. The molecule has 2 fully saturated rings. The number of nitrogens with one attached hydrogen (secondary N) is 1. The molecule has 46 heavy (non-hydrogen) atoms. The number of carboxylic acid groups (broad SMARTS) is 1. The molecule has 1 aromatic carbocycles. The van der Waals surface area contributed by atoms with Crippen LogP contribution in [0.3, 0.4) is 0 Å². The summed E-state index contributed by atoms with van der Waals surface area (Å²) in [5.41, 5.74) is 0.618. The number of epoxide rings is 1. The Balaban J connectivity index is 1.70. The number of esters is 1. The Morgan fingerprint density at radius 2 is 1.87 bits per heavy atom. The van der Waals surface area contributed by atoms with E-state index in [1.807, 2.05) is 58.1 Å². The Morgan fingerprint density at radius 3 is 2.57 bits per heavy atom. The number of carbonyl (C=O) groups excluding carboxylic acids is 3. The van der Waals surface area contributed by atoms with Crippen molar-refractivity contribution in [2.24, 2.45) is 11.8 Å². The van der Waals surface area contributed by atoms with E-state index in [1.165, 1.54) is 4.90 Å². The van der Waals surface area contributed by atoms with Gasteiger partial charge in [0.2, 0.25) is 5.91 Å². The third-order valence-corrected chi connectivity index (χ3v) is 9.88. The molecule has 7 unspecified atom stereocenters. The number of aliphatic hydroxyl groups is 1. The number of aryl methyl sites for hydroxylation is 1. The highest BCUT2D eigenvalue weighted by molar-refractivity contribution is 6.34. The number of rotatable bonds is 6. The summed E-state index contributed by atoms with van der Waals surface area (Å²) in [6.45, 7) is 9.25. The van der Waals surface area contributed by atoms with Crippen LogP contribution in [-0.2, 0) is 35.0 Å². The monoisotopic (exact) mass is 660 g/mol. The molecule has 0 spiro atoms. The van der Waals surface area contributed by atoms with Crippen molar-refractivity contribution < 1.29 is 43.6 Å². The molecule has 1 aromatic rings. The molecule has 3 aliphatic heterocycles. The average molecular weight is 661 g/mol. The van der Waals surface area contributed by atoms with Gasteiger partial charge in [0.15, 0.2) is 0 Å². The molecule has 0 aromatic heterocycles. The van der Waals surface area contributed by atoms with Crippen LogP contribution in [0.2, 0.25) is 5.02 Å². The van der Waals surface area contributed by atoms with Crippen molar-refractivity contribution in [1.29, 1.82) is 0 Å². The zero-order valence-corrected chi connectivity index (χ0v) is 28.1. The zero-order valence-electron chi connectivity index (χ0n) is 27.3. The molecule has 4 bridgehead atoms. The number of hydrogen-bond acceptors (Lipinski definition) is 8. The molecule has 3 aliphatic rings. The predicted molar refractivity (Wildman–Crippen MR) is 171 cm³/mol. The van der Waals surface area contributed by atoms with Gasteiger partial charge in [0.05, 0.1) is 23.2 Å². The summed E-state index contributed by atoms with van der Waals surface area (Å²) in [4.78, 5) is 51.8. The number of allylic oxidation sites excluding steroid dienone is 3. The number of alkyl carbamates (subject to hydrolysis) is 1. The van der Waals surface area contributed by atoms with Gasteiger partial charge >= 0.3 is 18.0 Å². The summed E-state index contributed by atoms with van der Waals surface area (Å²) < 4.78 is 17.7. The van der Waals surface area contributed by atoms with Crippen LogP contribution in [0.1, 0.15) is 77.3 Å². The van der Waals surface area contributed by atoms with Crippen LogP contribution in [0.4, 0.5) is 10.5 Å². The number of ether oxygens (including phenoxy) is 3. The molecule has 4 rings (SSSR count). The molecule has 3 heterocycles. The Morgan fingerprint density at radius 1 is 1.17 bits per heavy atom. The number of unbranched alkanes of at least 4 members (excludes halogenated alkanes) is 1. The van der Waals surface area contributed by atoms with Crippen LogP contribution >= 0.6 is 11.6 Å². The summed E-state index contributed by atoms with van der Waals surface area (Å²) in [5, 5.41) is 23.5. The van der Waals surface area contributed by atoms with Gasteiger partial charge in [-0.1, -0.05) is 55.3 Å². The van der Waals surface area contributed by atoms with Crippen molar-refractivity contribution in [2.45, 2.75) is 109 Å². The fourth-order valence-electron chi connectivity index (χ4n) is 6.31. The van der Waals surface area contributed by atoms with Crippen molar-refractivity contribution in [3.63, 3.8) is 0 Å². The quantitative estimate of drug-likeness (QED) is 0.211. The third-order valence-electron chi connectivity index (χ3n) is 9.38. The van der Waals surface area contributed by atoms with Gasteiger partial charge < -0.3 is 29.3 Å². The number of carbonyl (C=O) groups is 4. The van der Waals surface area contributed by atoms with Gasteiger partial charge in [-0.3, -0.25) is 19.7 Å². The van der Waals surface area contributed by atoms with E-state index in [0.29, 0.717) is 30.0 Å². The van der Waals surface area contributed by atoms with E-state index in [0.717, 1.165) is 16.7 Å². The lowest BCUT2D eigenvalue weighted by Gasteiger charge is -2.41. The van der Waals surface area contributed by atoms with Crippen molar-refractivity contribution >= 4 is 41.2 Å². The Kier molecular flexibility index (Phi) is 10.9. The molecule has 2 amide bonds. The second-order valence-electron chi connectivity index (χ2n) is 13.1. The standard InChI is InChI=1S/C34H45ClN2O9/c1-19-10-9-11-21(3)34(43)18-25(44-32(42)36-34)22(4)31-33(5,46-31)26(45-29(41)13-8-7-12-28(39)40)17-27(38)37(6)24-16-23(14-19)15-20(2)30(24)35/h9-11,15-16,21-22,25-26,31,43H,7-8,12-14,17-18H2,1-6H3,(H,36,42)(H,39,40)/b11-9+,19-10+. The highest BCUT2D eigenvalue weighted by Crippen LogP contribution is 2.49. The first kappa shape index (κ1) is 35.4. The smallest absolute Gasteiger partial charge is 0.409 e. The molecule has 7 atom stereocenters. The summed E-state index contributed by atoms with van der Waals surface area (Å²) in [6, 6.07) is 3.84. The van der Waals surface area contributed by atoms with E-state index in [2.05, 4.69) is 5.32 Å². The van der Waals surface area contributed by atoms with Gasteiger partial charge in [-0.05, 0) is 57.2 Å². The second kappa shape index (κ2) is 14.1. The first-order valence-electron chi connectivity index (χ1n) is 15.7. The van der Waals surface area contributed by atoms with Crippen LogP contribution in [0.25, 0.3) is 0 Å². The van der Waals surface area contributed by atoms with E-state index in [-0.39, 0.29) is 31.6 Å². The molecule has 11 nitrogen and oxygen atoms in total. The largest absolute Gasteiger partial charge is 0.481 e. The van der Waals surface area contributed by atoms with E-state index in [1.54, 1.807) is 14.0 Å².